The minimum Gasteiger partial charge on any atom is -0.366 e. The Morgan fingerprint density at radius 1 is 1.17 bits per heavy atom. The van der Waals surface area contributed by atoms with Crippen molar-refractivity contribution >= 4 is 34.8 Å². The predicted octanol–water partition coefficient (Wildman–Crippen LogP) is 2.74. The van der Waals surface area contributed by atoms with Gasteiger partial charge in [0.15, 0.2) is 0 Å². The summed E-state index contributed by atoms with van der Waals surface area (Å²) >= 11 is 5.71. The Morgan fingerprint density at radius 3 is 2.35 bits per heavy atom. The maximum atomic E-state index is 13.8. The van der Waals surface area contributed by atoms with Crippen molar-refractivity contribution in [1.29, 1.82) is 0 Å². The van der Waals surface area contributed by atoms with E-state index in [9.17, 15) is 24.1 Å². The molecule has 2 rings (SSSR count). The summed E-state index contributed by atoms with van der Waals surface area (Å²) in [4.78, 5) is 32.9. The van der Waals surface area contributed by atoms with Gasteiger partial charge < -0.3 is 11.1 Å². The van der Waals surface area contributed by atoms with Crippen molar-refractivity contribution < 1.29 is 18.9 Å². The van der Waals surface area contributed by atoms with Gasteiger partial charge >= 0.3 is 0 Å². The summed E-state index contributed by atoms with van der Waals surface area (Å²) in [5.41, 5.74) is 4.47. The molecule has 2 amide bonds. The first kappa shape index (κ1) is 16.4. The fraction of sp³-hybridized carbons (Fsp3) is 0. The first-order chi connectivity index (χ1) is 10.8. The maximum absolute atomic E-state index is 13.8. The minimum atomic E-state index is -0.845. The quantitative estimate of drug-likeness (QED) is 0.659. The number of hydrogen-bond acceptors (Lipinski definition) is 4. The molecular weight excluding hydrogens is 329 g/mol. The van der Waals surface area contributed by atoms with E-state index in [1.807, 2.05) is 0 Å². The van der Waals surface area contributed by atoms with Gasteiger partial charge in [0.25, 0.3) is 11.6 Å². The Bertz CT molecular complexity index is 826. The number of nitrogens with zero attached hydrogens (tertiary/aromatic N) is 1. The maximum Gasteiger partial charge on any atom is 0.287 e. The number of nitrogens with one attached hydrogen (secondary N) is 1. The van der Waals surface area contributed by atoms with Crippen LogP contribution in [0.2, 0.25) is 5.02 Å². The number of anilines is 1. The Morgan fingerprint density at radius 2 is 1.83 bits per heavy atom. The van der Waals surface area contributed by atoms with E-state index in [1.165, 1.54) is 18.2 Å². The first-order valence-corrected chi connectivity index (χ1v) is 6.52. The molecule has 0 fully saturated rings. The van der Waals surface area contributed by atoms with Gasteiger partial charge in [0.1, 0.15) is 10.8 Å². The van der Waals surface area contributed by atoms with Crippen LogP contribution < -0.4 is 11.1 Å². The second-order valence-electron chi connectivity index (χ2n) is 4.44. The van der Waals surface area contributed by atoms with Gasteiger partial charge in [0.2, 0.25) is 5.91 Å². The van der Waals surface area contributed by atoms with E-state index in [4.69, 9.17) is 17.3 Å². The third kappa shape index (κ3) is 3.61. The Balaban J connectivity index is 2.24. The average molecular weight is 338 g/mol. The van der Waals surface area contributed by atoms with Gasteiger partial charge in [-0.1, -0.05) is 11.6 Å². The zero-order valence-corrected chi connectivity index (χ0v) is 12.1. The average Bonchev–Trinajstić information content (AvgIpc) is 2.48. The number of hydrogen-bond donors (Lipinski definition) is 2. The summed E-state index contributed by atoms with van der Waals surface area (Å²) in [5, 5.41) is 12.7. The number of nitro benzene ring substituents is 1. The molecule has 0 spiro atoms. The molecule has 23 heavy (non-hydrogen) atoms. The van der Waals surface area contributed by atoms with E-state index in [1.54, 1.807) is 0 Å². The van der Waals surface area contributed by atoms with Crippen molar-refractivity contribution in [3.05, 3.63) is 68.5 Å². The van der Waals surface area contributed by atoms with Crippen LogP contribution in [0.1, 0.15) is 20.7 Å². The van der Waals surface area contributed by atoms with E-state index in [0.717, 1.165) is 18.2 Å². The van der Waals surface area contributed by atoms with Gasteiger partial charge in [-0.25, -0.2) is 4.39 Å². The van der Waals surface area contributed by atoms with Crippen LogP contribution in [0, 0.1) is 15.9 Å². The van der Waals surface area contributed by atoms with Crippen molar-refractivity contribution in [3.63, 3.8) is 0 Å². The standard InChI is InChI=1S/C14H9ClFN3O4/c15-9-5-8(2-4-12(9)19(22)23)14(21)18-11-3-1-7(13(17)20)6-10(11)16/h1-6H,(H2,17,20)(H,18,21). The number of nitro groups is 1. The van der Waals surface area contributed by atoms with Crippen LogP contribution in [0.5, 0.6) is 0 Å². The molecule has 3 N–H and O–H groups in total. The lowest BCUT2D eigenvalue weighted by Gasteiger charge is -2.07. The van der Waals surface area contributed by atoms with E-state index in [0.29, 0.717) is 0 Å². The van der Waals surface area contributed by atoms with Crippen LogP contribution in [-0.4, -0.2) is 16.7 Å². The van der Waals surface area contributed by atoms with Crippen LogP contribution in [0.4, 0.5) is 15.8 Å². The number of primary amides is 1. The largest absolute Gasteiger partial charge is 0.366 e. The molecule has 0 aliphatic carbocycles. The molecule has 0 radical (unpaired) electrons. The topological polar surface area (TPSA) is 115 Å². The van der Waals surface area contributed by atoms with Crippen molar-refractivity contribution in [1.82, 2.24) is 0 Å². The lowest BCUT2D eigenvalue weighted by atomic mass is 10.1. The van der Waals surface area contributed by atoms with Crippen LogP contribution in [0.15, 0.2) is 36.4 Å². The zero-order chi connectivity index (χ0) is 17.1. The normalized spacial score (nSPS) is 10.2. The fourth-order valence-electron chi connectivity index (χ4n) is 1.76. The summed E-state index contributed by atoms with van der Waals surface area (Å²) in [6.45, 7) is 0. The Labute approximate surface area is 134 Å². The summed E-state index contributed by atoms with van der Waals surface area (Å²) < 4.78 is 13.8. The van der Waals surface area contributed by atoms with Crippen LogP contribution in [-0.2, 0) is 0 Å². The van der Waals surface area contributed by atoms with Crippen molar-refractivity contribution in [2.24, 2.45) is 5.73 Å². The fourth-order valence-corrected chi connectivity index (χ4v) is 2.01. The summed E-state index contributed by atoms with van der Waals surface area (Å²) in [5.74, 6) is -2.36. The number of amides is 2. The number of nitrogens with two attached hydrogens (primary N) is 1. The van der Waals surface area contributed by atoms with Gasteiger partial charge in [-0.15, -0.1) is 0 Å². The SMILES string of the molecule is NC(=O)c1ccc(NC(=O)c2ccc([N+](=O)[O-])c(Cl)c2)c(F)c1. The lowest BCUT2D eigenvalue weighted by molar-refractivity contribution is -0.384. The van der Waals surface area contributed by atoms with Gasteiger partial charge in [-0.2, -0.15) is 0 Å². The van der Waals surface area contributed by atoms with E-state index >= 15 is 0 Å². The minimum absolute atomic E-state index is 0.0129. The molecule has 118 valence electrons. The molecule has 0 saturated heterocycles. The number of rotatable bonds is 4. The molecule has 2 aromatic carbocycles. The third-order valence-electron chi connectivity index (χ3n) is 2.91. The van der Waals surface area contributed by atoms with Crippen LogP contribution in [0.3, 0.4) is 0 Å². The second-order valence-corrected chi connectivity index (χ2v) is 4.84. The summed E-state index contributed by atoms with van der Waals surface area (Å²) in [6.07, 6.45) is 0. The van der Waals surface area contributed by atoms with Crippen LogP contribution in [0.25, 0.3) is 0 Å². The molecule has 0 bridgehead atoms. The van der Waals surface area contributed by atoms with Gasteiger partial charge in [0.05, 0.1) is 10.6 Å². The van der Waals surface area contributed by atoms with Crippen molar-refractivity contribution in [3.8, 4) is 0 Å². The molecule has 2 aromatic rings. The van der Waals surface area contributed by atoms with Crippen LogP contribution >= 0.6 is 11.6 Å². The van der Waals surface area contributed by atoms with E-state index < -0.39 is 22.6 Å². The van der Waals surface area contributed by atoms with E-state index in [-0.39, 0.29) is 27.5 Å². The summed E-state index contributed by atoms with van der Waals surface area (Å²) in [6, 6.07) is 6.69. The highest BCUT2D eigenvalue weighted by Gasteiger charge is 2.16. The summed E-state index contributed by atoms with van der Waals surface area (Å²) in [7, 11) is 0. The van der Waals surface area contributed by atoms with Crippen molar-refractivity contribution in [2.45, 2.75) is 0 Å². The monoisotopic (exact) mass is 337 g/mol. The Hall–Kier alpha value is -3.00. The third-order valence-corrected chi connectivity index (χ3v) is 3.21. The first-order valence-electron chi connectivity index (χ1n) is 6.14. The molecule has 0 saturated carbocycles. The van der Waals surface area contributed by atoms with Gasteiger partial charge in [0, 0.05) is 17.2 Å². The predicted molar refractivity (Wildman–Crippen MR) is 81.0 cm³/mol. The van der Waals surface area contributed by atoms with Gasteiger partial charge in [-0.3, -0.25) is 19.7 Å². The molecule has 0 atom stereocenters. The number of benzene rings is 2. The van der Waals surface area contributed by atoms with Gasteiger partial charge in [-0.05, 0) is 30.3 Å². The highest BCUT2D eigenvalue weighted by Crippen LogP contribution is 2.25. The van der Waals surface area contributed by atoms with Crippen molar-refractivity contribution in [2.75, 3.05) is 5.32 Å². The Kier molecular flexibility index (Phi) is 4.56. The molecular formula is C14H9ClFN3O4. The highest BCUT2D eigenvalue weighted by atomic mass is 35.5. The molecule has 0 aliphatic heterocycles. The second kappa shape index (κ2) is 6.41. The molecule has 0 aliphatic rings. The molecule has 0 unspecified atom stereocenters. The smallest absolute Gasteiger partial charge is 0.287 e. The zero-order valence-electron chi connectivity index (χ0n) is 11.4. The van der Waals surface area contributed by atoms with E-state index in [2.05, 4.69) is 5.32 Å². The number of carbonyl (C=O) groups excluding carboxylic acids is 2. The molecule has 7 nitrogen and oxygen atoms in total. The number of carbonyl (C=O) groups is 2. The lowest BCUT2D eigenvalue weighted by Crippen LogP contribution is -2.15. The highest BCUT2D eigenvalue weighted by molar-refractivity contribution is 6.33. The molecule has 9 heteroatoms. The number of halogens is 2. The molecule has 0 heterocycles. The molecule has 0 aromatic heterocycles.